The normalized spacial score (nSPS) is 10.2. The molecule has 0 spiro atoms. The van der Waals surface area contributed by atoms with Crippen LogP contribution in [-0.4, -0.2) is 20.9 Å². The molecule has 1 aromatic carbocycles. The fourth-order valence-corrected chi connectivity index (χ4v) is 1.44. The molecule has 17 heavy (non-hydrogen) atoms. The molecule has 0 fully saturated rings. The molecule has 0 saturated heterocycles. The summed E-state index contributed by atoms with van der Waals surface area (Å²) in [4.78, 5) is 11.7. The van der Waals surface area contributed by atoms with E-state index in [1.165, 1.54) is 10.9 Å². The van der Waals surface area contributed by atoms with Gasteiger partial charge in [0.15, 0.2) is 5.82 Å². The zero-order valence-corrected chi connectivity index (χ0v) is 9.42. The van der Waals surface area contributed by atoms with Crippen molar-refractivity contribution in [2.75, 3.05) is 11.1 Å². The van der Waals surface area contributed by atoms with Crippen LogP contribution < -0.4 is 11.1 Å². The summed E-state index contributed by atoms with van der Waals surface area (Å²) in [5, 5.41) is 10.1. The van der Waals surface area contributed by atoms with Crippen LogP contribution in [0.25, 0.3) is 0 Å². The third-order valence-corrected chi connectivity index (χ3v) is 2.28. The standard InChI is InChI=1S/C11H13N5O/c1-8-4-2-3-5-9(8)13-11(17)7-16-6-10(12)14-15-16/h2-6H,7,12H2,1H3,(H,13,17). The second kappa shape index (κ2) is 4.65. The minimum absolute atomic E-state index is 0.0958. The predicted octanol–water partition coefficient (Wildman–Crippen LogP) is 0.807. The summed E-state index contributed by atoms with van der Waals surface area (Å²) in [6.07, 6.45) is 1.51. The molecule has 0 saturated carbocycles. The third kappa shape index (κ3) is 2.81. The van der Waals surface area contributed by atoms with Crippen LogP contribution in [0, 0.1) is 6.92 Å². The highest BCUT2D eigenvalue weighted by molar-refractivity contribution is 5.91. The fraction of sp³-hybridized carbons (Fsp3) is 0.182. The van der Waals surface area contributed by atoms with E-state index >= 15 is 0 Å². The summed E-state index contributed by atoms with van der Waals surface area (Å²) in [7, 11) is 0. The second-order valence-electron chi connectivity index (χ2n) is 3.70. The van der Waals surface area contributed by atoms with Crippen LogP contribution in [0.3, 0.4) is 0 Å². The highest BCUT2D eigenvalue weighted by Gasteiger charge is 2.06. The number of nitrogens with two attached hydrogens (primary N) is 1. The Morgan fingerprint density at radius 1 is 1.47 bits per heavy atom. The molecular weight excluding hydrogens is 218 g/mol. The molecule has 0 atom stereocenters. The quantitative estimate of drug-likeness (QED) is 0.818. The van der Waals surface area contributed by atoms with Crippen molar-refractivity contribution in [1.29, 1.82) is 0 Å². The number of para-hydroxylation sites is 1. The number of rotatable bonds is 3. The molecule has 3 N–H and O–H groups in total. The molecule has 0 aliphatic heterocycles. The maximum atomic E-state index is 11.7. The number of carbonyl (C=O) groups is 1. The SMILES string of the molecule is Cc1ccccc1NC(=O)Cn1cc(N)nn1. The number of amides is 1. The summed E-state index contributed by atoms with van der Waals surface area (Å²) in [6.45, 7) is 2.03. The largest absolute Gasteiger partial charge is 0.381 e. The van der Waals surface area contributed by atoms with E-state index in [2.05, 4.69) is 15.6 Å². The van der Waals surface area contributed by atoms with E-state index in [1.54, 1.807) is 0 Å². The molecule has 1 aromatic heterocycles. The first-order valence-corrected chi connectivity index (χ1v) is 5.16. The average molecular weight is 231 g/mol. The number of carbonyl (C=O) groups excluding carboxylic acids is 1. The van der Waals surface area contributed by atoms with Gasteiger partial charge in [0.2, 0.25) is 5.91 Å². The Kier molecular flexibility index (Phi) is 3.04. The number of aryl methyl sites for hydroxylation is 1. The van der Waals surface area contributed by atoms with Crippen molar-refractivity contribution in [3.05, 3.63) is 36.0 Å². The minimum Gasteiger partial charge on any atom is -0.381 e. The Bertz CT molecular complexity index is 534. The molecule has 6 heteroatoms. The smallest absolute Gasteiger partial charge is 0.246 e. The Hall–Kier alpha value is -2.37. The molecule has 6 nitrogen and oxygen atoms in total. The van der Waals surface area contributed by atoms with Gasteiger partial charge < -0.3 is 11.1 Å². The topological polar surface area (TPSA) is 85.8 Å². The van der Waals surface area contributed by atoms with E-state index in [9.17, 15) is 4.79 Å². The van der Waals surface area contributed by atoms with Crippen molar-refractivity contribution in [1.82, 2.24) is 15.0 Å². The molecule has 0 radical (unpaired) electrons. The molecule has 2 aromatic rings. The minimum atomic E-state index is -0.163. The van der Waals surface area contributed by atoms with Gasteiger partial charge in [0.1, 0.15) is 6.54 Å². The van der Waals surface area contributed by atoms with E-state index in [0.717, 1.165) is 11.3 Å². The Morgan fingerprint density at radius 3 is 2.88 bits per heavy atom. The van der Waals surface area contributed by atoms with Gasteiger partial charge in [-0.05, 0) is 18.6 Å². The third-order valence-electron chi connectivity index (χ3n) is 2.28. The van der Waals surface area contributed by atoms with Crippen LogP contribution in [-0.2, 0) is 11.3 Å². The van der Waals surface area contributed by atoms with Crippen molar-refractivity contribution in [2.24, 2.45) is 0 Å². The fourth-order valence-electron chi connectivity index (χ4n) is 1.44. The van der Waals surface area contributed by atoms with Crippen molar-refractivity contribution in [3.8, 4) is 0 Å². The van der Waals surface area contributed by atoms with Crippen LogP contribution in [0.5, 0.6) is 0 Å². The monoisotopic (exact) mass is 231 g/mol. The molecule has 0 bridgehead atoms. The zero-order chi connectivity index (χ0) is 12.3. The van der Waals surface area contributed by atoms with Crippen LogP contribution in [0.15, 0.2) is 30.5 Å². The highest BCUT2D eigenvalue weighted by Crippen LogP contribution is 2.12. The van der Waals surface area contributed by atoms with E-state index in [4.69, 9.17) is 5.73 Å². The lowest BCUT2D eigenvalue weighted by Gasteiger charge is -2.07. The van der Waals surface area contributed by atoms with E-state index in [1.807, 2.05) is 31.2 Å². The molecule has 1 heterocycles. The van der Waals surface area contributed by atoms with Crippen molar-refractivity contribution < 1.29 is 4.79 Å². The van der Waals surface area contributed by atoms with Gasteiger partial charge in [-0.1, -0.05) is 23.4 Å². The van der Waals surface area contributed by atoms with E-state index in [0.29, 0.717) is 5.82 Å². The maximum Gasteiger partial charge on any atom is 0.246 e. The van der Waals surface area contributed by atoms with Crippen molar-refractivity contribution in [2.45, 2.75) is 13.5 Å². The number of benzene rings is 1. The number of aromatic nitrogens is 3. The molecule has 1 amide bonds. The first kappa shape index (κ1) is 11.1. The Balaban J connectivity index is 2.01. The van der Waals surface area contributed by atoms with E-state index in [-0.39, 0.29) is 12.5 Å². The first-order chi connectivity index (χ1) is 8.15. The number of hydrogen-bond acceptors (Lipinski definition) is 4. The Labute approximate surface area is 98.4 Å². The highest BCUT2D eigenvalue weighted by atomic mass is 16.2. The molecule has 88 valence electrons. The summed E-state index contributed by atoms with van der Waals surface area (Å²) >= 11 is 0. The number of nitrogens with zero attached hydrogens (tertiary/aromatic N) is 3. The van der Waals surface area contributed by atoms with Gasteiger partial charge in [-0.2, -0.15) is 0 Å². The van der Waals surface area contributed by atoms with Gasteiger partial charge in [0.25, 0.3) is 0 Å². The van der Waals surface area contributed by atoms with Gasteiger partial charge in [-0.3, -0.25) is 4.79 Å². The van der Waals surface area contributed by atoms with Gasteiger partial charge in [0, 0.05) is 5.69 Å². The number of hydrogen-bond donors (Lipinski definition) is 2. The van der Waals surface area contributed by atoms with Gasteiger partial charge in [-0.25, -0.2) is 4.68 Å². The summed E-state index contributed by atoms with van der Waals surface area (Å²) in [5.74, 6) is 0.137. The van der Waals surface area contributed by atoms with E-state index < -0.39 is 0 Å². The number of nitrogens with one attached hydrogen (secondary N) is 1. The number of anilines is 2. The molecule has 2 rings (SSSR count). The first-order valence-electron chi connectivity index (χ1n) is 5.16. The lowest BCUT2D eigenvalue weighted by Crippen LogP contribution is -2.19. The number of nitrogen functional groups attached to an aromatic ring is 1. The molecular formula is C11H13N5O. The summed E-state index contributed by atoms with van der Waals surface area (Å²) in [6, 6.07) is 7.57. The zero-order valence-electron chi connectivity index (χ0n) is 9.42. The summed E-state index contributed by atoms with van der Waals surface area (Å²) < 4.78 is 1.39. The average Bonchev–Trinajstić information content (AvgIpc) is 2.67. The van der Waals surface area contributed by atoms with Crippen molar-refractivity contribution in [3.63, 3.8) is 0 Å². The molecule has 0 unspecified atom stereocenters. The maximum absolute atomic E-state index is 11.7. The van der Waals surface area contributed by atoms with Gasteiger partial charge in [-0.15, -0.1) is 5.10 Å². The van der Waals surface area contributed by atoms with Gasteiger partial charge in [0.05, 0.1) is 6.20 Å². The molecule has 0 aliphatic carbocycles. The van der Waals surface area contributed by atoms with Crippen LogP contribution in [0.1, 0.15) is 5.56 Å². The second-order valence-corrected chi connectivity index (χ2v) is 3.70. The van der Waals surface area contributed by atoms with Gasteiger partial charge >= 0.3 is 0 Å². The van der Waals surface area contributed by atoms with Crippen LogP contribution in [0.2, 0.25) is 0 Å². The predicted molar refractivity (Wildman–Crippen MR) is 64.2 cm³/mol. The lowest BCUT2D eigenvalue weighted by atomic mass is 10.2. The van der Waals surface area contributed by atoms with Crippen molar-refractivity contribution >= 4 is 17.4 Å². The van der Waals surface area contributed by atoms with Crippen LogP contribution in [0.4, 0.5) is 11.5 Å². The molecule has 0 aliphatic rings. The van der Waals surface area contributed by atoms with Crippen LogP contribution >= 0.6 is 0 Å². The lowest BCUT2D eigenvalue weighted by molar-refractivity contribution is -0.116. The Morgan fingerprint density at radius 2 is 2.24 bits per heavy atom. The summed E-state index contributed by atoms with van der Waals surface area (Å²) in [5.41, 5.74) is 7.21.